The molecule has 1 aliphatic heterocycles. The summed E-state index contributed by atoms with van der Waals surface area (Å²) >= 11 is 3.22. The highest BCUT2D eigenvalue weighted by molar-refractivity contribution is 9.09. The predicted molar refractivity (Wildman–Crippen MR) is 104 cm³/mol. The van der Waals surface area contributed by atoms with E-state index in [9.17, 15) is 19.2 Å². The zero-order valence-electron chi connectivity index (χ0n) is 17.7. The molecule has 1 fully saturated rings. The largest absolute Gasteiger partial charge is 0.467 e. The lowest BCUT2D eigenvalue weighted by atomic mass is 9.98. The summed E-state index contributed by atoms with van der Waals surface area (Å²) < 4.78 is 26.8. The van der Waals surface area contributed by atoms with Crippen LogP contribution in [0.25, 0.3) is 0 Å². The second-order valence-corrected chi connectivity index (χ2v) is 8.50. The van der Waals surface area contributed by atoms with Crippen molar-refractivity contribution in [1.29, 1.82) is 0 Å². The Balaban J connectivity index is 3.37. The first-order valence-electron chi connectivity index (χ1n) is 9.39. The lowest BCUT2D eigenvalue weighted by Gasteiger charge is -2.42. The molecule has 1 saturated heterocycles. The van der Waals surface area contributed by atoms with E-state index in [1.54, 1.807) is 41.5 Å². The third kappa shape index (κ3) is 6.67. The highest BCUT2D eigenvalue weighted by Crippen LogP contribution is 2.33. The van der Waals surface area contributed by atoms with Crippen LogP contribution in [0.3, 0.4) is 0 Å². The average Bonchev–Trinajstić information content (AvgIpc) is 2.64. The maximum Gasteiger partial charge on any atom is 0.339 e. The zero-order valence-corrected chi connectivity index (χ0v) is 19.3. The summed E-state index contributed by atoms with van der Waals surface area (Å²) in [4.78, 5) is 49.0. The van der Waals surface area contributed by atoms with Crippen molar-refractivity contribution in [3.63, 3.8) is 0 Å². The molecular weight excluding hydrogens is 452 g/mol. The number of alkyl halides is 1. The molecule has 0 radical (unpaired) electrons. The second-order valence-electron chi connectivity index (χ2n) is 7.60. The summed E-state index contributed by atoms with van der Waals surface area (Å²) in [6, 6.07) is 0. The van der Waals surface area contributed by atoms with Crippen LogP contribution >= 0.6 is 15.9 Å². The molecule has 1 unspecified atom stereocenters. The van der Waals surface area contributed by atoms with Crippen LogP contribution in [0.4, 0.5) is 0 Å². The van der Waals surface area contributed by atoms with Gasteiger partial charge in [-0.15, -0.1) is 0 Å². The molecule has 29 heavy (non-hydrogen) atoms. The Kier molecular flexibility index (Phi) is 9.54. The topological polar surface area (TPSA) is 114 Å². The van der Waals surface area contributed by atoms with Gasteiger partial charge in [-0.25, -0.2) is 4.79 Å². The van der Waals surface area contributed by atoms with Gasteiger partial charge in [-0.1, -0.05) is 57.5 Å². The molecule has 1 heterocycles. The van der Waals surface area contributed by atoms with Gasteiger partial charge < -0.3 is 23.7 Å². The van der Waals surface area contributed by atoms with Gasteiger partial charge in [0, 0.05) is 0 Å². The fourth-order valence-electron chi connectivity index (χ4n) is 2.30. The molecular formula is C19H29BrO9. The van der Waals surface area contributed by atoms with Gasteiger partial charge in [0.2, 0.25) is 0 Å². The van der Waals surface area contributed by atoms with E-state index in [0.717, 1.165) is 7.11 Å². The van der Waals surface area contributed by atoms with Gasteiger partial charge in [0.25, 0.3) is 0 Å². The van der Waals surface area contributed by atoms with E-state index in [4.69, 9.17) is 23.7 Å². The molecule has 0 saturated carbocycles. The maximum atomic E-state index is 12.3. The molecule has 10 heteroatoms. The van der Waals surface area contributed by atoms with Crippen LogP contribution in [-0.2, 0) is 42.9 Å². The van der Waals surface area contributed by atoms with Gasteiger partial charge in [0.15, 0.2) is 29.4 Å². The minimum absolute atomic E-state index is 0.467. The third-order valence-corrected chi connectivity index (χ3v) is 4.82. The Morgan fingerprint density at radius 3 is 1.48 bits per heavy atom. The average molecular weight is 481 g/mol. The minimum atomic E-state index is -1.38. The number of hydrogen-bond acceptors (Lipinski definition) is 9. The first-order valence-corrected chi connectivity index (χ1v) is 10.3. The SMILES string of the molecule is COC(=O)[C@H]1OC(Br)[C@H](OC(=O)C(C)C)[C@@H](OC(=O)C(C)C)[C@@H]1OC(=O)C(C)C. The first kappa shape index (κ1) is 25.4. The van der Waals surface area contributed by atoms with Gasteiger partial charge in [-0.05, 0) is 0 Å². The van der Waals surface area contributed by atoms with Crippen molar-refractivity contribution >= 4 is 39.8 Å². The molecule has 0 bridgehead atoms. The summed E-state index contributed by atoms with van der Waals surface area (Å²) in [7, 11) is 1.15. The number of ether oxygens (including phenoxy) is 5. The van der Waals surface area contributed by atoms with Crippen LogP contribution in [0.2, 0.25) is 0 Å². The van der Waals surface area contributed by atoms with Crippen LogP contribution in [0.1, 0.15) is 41.5 Å². The first-order chi connectivity index (χ1) is 13.4. The maximum absolute atomic E-state index is 12.3. The van der Waals surface area contributed by atoms with Crippen LogP contribution in [0.5, 0.6) is 0 Å². The van der Waals surface area contributed by atoms with Crippen LogP contribution in [-0.4, -0.2) is 60.4 Å². The third-order valence-electron chi connectivity index (χ3n) is 4.09. The normalized spacial score (nSPS) is 26.9. The van der Waals surface area contributed by atoms with Gasteiger partial charge in [-0.3, -0.25) is 14.4 Å². The van der Waals surface area contributed by atoms with Crippen molar-refractivity contribution in [1.82, 2.24) is 0 Å². The lowest BCUT2D eigenvalue weighted by molar-refractivity contribution is -0.238. The van der Waals surface area contributed by atoms with E-state index >= 15 is 0 Å². The van der Waals surface area contributed by atoms with Crippen LogP contribution in [0.15, 0.2) is 0 Å². The Morgan fingerprint density at radius 1 is 0.724 bits per heavy atom. The Bertz CT molecular complexity index is 617. The quantitative estimate of drug-likeness (QED) is 0.306. The van der Waals surface area contributed by atoms with Crippen molar-refractivity contribution in [2.45, 2.75) is 71.0 Å². The fraction of sp³-hybridized carbons (Fsp3) is 0.789. The van der Waals surface area contributed by atoms with E-state index in [2.05, 4.69) is 15.9 Å². The molecule has 0 aromatic rings. The summed E-state index contributed by atoms with van der Waals surface area (Å²) in [5.41, 5.74) is 0. The van der Waals surface area contributed by atoms with E-state index in [1.165, 1.54) is 0 Å². The van der Waals surface area contributed by atoms with Gasteiger partial charge in [-0.2, -0.15) is 0 Å². The van der Waals surface area contributed by atoms with Crippen molar-refractivity contribution in [2.75, 3.05) is 7.11 Å². The second kappa shape index (κ2) is 10.9. The Labute approximate surface area is 178 Å². The summed E-state index contributed by atoms with van der Waals surface area (Å²) in [6.07, 6.45) is -5.18. The molecule has 5 atom stereocenters. The predicted octanol–water partition coefficient (Wildman–Crippen LogP) is 1.98. The molecule has 1 aliphatic rings. The highest BCUT2D eigenvalue weighted by atomic mass is 79.9. The number of hydrogen-bond donors (Lipinski definition) is 0. The molecule has 0 aromatic heterocycles. The molecule has 0 aromatic carbocycles. The number of methoxy groups -OCH3 is 1. The number of esters is 4. The molecule has 0 spiro atoms. The lowest BCUT2D eigenvalue weighted by Crippen LogP contribution is -2.62. The van der Waals surface area contributed by atoms with Gasteiger partial charge >= 0.3 is 23.9 Å². The number of carbonyl (C=O) groups excluding carboxylic acids is 4. The molecule has 1 rings (SSSR count). The van der Waals surface area contributed by atoms with Gasteiger partial charge in [0.05, 0.1) is 24.9 Å². The Morgan fingerprint density at radius 2 is 1.10 bits per heavy atom. The van der Waals surface area contributed by atoms with Crippen molar-refractivity contribution in [3.05, 3.63) is 0 Å². The number of halogens is 1. The van der Waals surface area contributed by atoms with Gasteiger partial charge in [0.1, 0.15) is 0 Å². The van der Waals surface area contributed by atoms with E-state index in [0.29, 0.717) is 0 Å². The van der Waals surface area contributed by atoms with Crippen molar-refractivity contribution in [2.24, 2.45) is 17.8 Å². The molecule has 0 aliphatic carbocycles. The number of carbonyl (C=O) groups is 4. The summed E-state index contributed by atoms with van der Waals surface area (Å²) in [5, 5.41) is -1.01. The molecule has 0 N–H and O–H groups in total. The zero-order chi connectivity index (χ0) is 22.5. The van der Waals surface area contributed by atoms with E-state index in [1.807, 2.05) is 0 Å². The van der Waals surface area contributed by atoms with Crippen molar-refractivity contribution in [3.8, 4) is 0 Å². The highest BCUT2D eigenvalue weighted by Gasteiger charge is 2.54. The fourth-order valence-corrected chi connectivity index (χ4v) is 2.94. The molecule has 0 amide bonds. The number of rotatable bonds is 7. The summed E-state index contributed by atoms with van der Waals surface area (Å²) in [5.74, 6) is -4.14. The van der Waals surface area contributed by atoms with E-state index in [-0.39, 0.29) is 0 Å². The van der Waals surface area contributed by atoms with Crippen LogP contribution < -0.4 is 0 Å². The standard InChI is InChI=1S/C19H29BrO9/c1-8(2)16(21)27-11-12(28-17(22)9(3)4)14(19(24)25-7)26-15(20)13(11)29-18(23)10(5)6/h8-15H,1-7H3/t11-,12-,13+,14-,15?/m0/s1. The van der Waals surface area contributed by atoms with Crippen molar-refractivity contribution < 1.29 is 42.9 Å². The summed E-state index contributed by atoms with van der Waals surface area (Å²) in [6.45, 7) is 9.73. The molecule has 166 valence electrons. The minimum Gasteiger partial charge on any atom is -0.467 e. The molecule has 9 nitrogen and oxygen atoms in total. The van der Waals surface area contributed by atoms with Crippen LogP contribution in [0, 0.1) is 17.8 Å². The van der Waals surface area contributed by atoms with E-state index < -0.39 is 71.1 Å². The monoisotopic (exact) mass is 480 g/mol. The smallest absolute Gasteiger partial charge is 0.339 e. The Hall–Kier alpha value is -1.68.